The Morgan fingerprint density at radius 2 is 2.27 bits per heavy atom. The zero-order chi connectivity index (χ0) is 8.69. The summed E-state index contributed by atoms with van der Waals surface area (Å²) in [7, 11) is 0. The fraction of sp³-hybridized carbons (Fsp3) is 0.429. The number of aliphatic hydroxyl groups excluding tert-OH is 1. The summed E-state index contributed by atoms with van der Waals surface area (Å²) in [6.45, 7) is 1.58. The van der Waals surface area contributed by atoms with E-state index in [2.05, 4.69) is 4.74 Å². The zero-order valence-electron chi connectivity index (χ0n) is 6.24. The predicted octanol–water partition coefficient (Wildman–Crippen LogP) is 0.0147. The third-order valence-electron chi connectivity index (χ3n) is 1.06. The fourth-order valence-corrected chi connectivity index (χ4v) is 0.501. The first-order valence-corrected chi connectivity index (χ1v) is 3.14. The molecule has 0 rings (SSSR count). The summed E-state index contributed by atoms with van der Waals surface area (Å²) >= 11 is 0. The summed E-state index contributed by atoms with van der Waals surface area (Å²) in [5.41, 5.74) is 0.325. The third kappa shape index (κ3) is 4.27. The number of hydrogen-bond acceptors (Lipinski definition) is 4. The van der Waals surface area contributed by atoms with Gasteiger partial charge in [-0.2, -0.15) is 0 Å². The van der Waals surface area contributed by atoms with Crippen LogP contribution in [-0.4, -0.2) is 24.2 Å². The second-order valence-corrected chi connectivity index (χ2v) is 1.90. The predicted molar refractivity (Wildman–Crippen MR) is 37.6 cm³/mol. The SMILES string of the molecule is CC(=CCCO)C(=O)OC=O. The number of hydrogen-bond donors (Lipinski definition) is 1. The van der Waals surface area contributed by atoms with E-state index in [-0.39, 0.29) is 13.1 Å². The van der Waals surface area contributed by atoms with E-state index in [1.165, 1.54) is 13.0 Å². The van der Waals surface area contributed by atoms with E-state index in [0.717, 1.165) is 0 Å². The minimum Gasteiger partial charge on any atom is -0.396 e. The van der Waals surface area contributed by atoms with Crippen LogP contribution >= 0.6 is 0 Å². The normalized spacial score (nSPS) is 10.9. The highest BCUT2D eigenvalue weighted by Gasteiger charge is 2.02. The van der Waals surface area contributed by atoms with Crippen molar-refractivity contribution in [1.82, 2.24) is 0 Å². The van der Waals surface area contributed by atoms with Crippen LogP contribution in [0.2, 0.25) is 0 Å². The Bertz CT molecular complexity index is 171. The van der Waals surface area contributed by atoms with Crippen LogP contribution in [0.3, 0.4) is 0 Å². The Kier molecular flexibility index (Phi) is 5.02. The molecule has 0 aromatic rings. The lowest BCUT2D eigenvalue weighted by Crippen LogP contribution is -2.03. The van der Waals surface area contributed by atoms with E-state index in [9.17, 15) is 9.59 Å². The number of aliphatic hydroxyl groups is 1. The summed E-state index contributed by atoms with van der Waals surface area (Å²) in [5.74, 6) is -0.673. The smallest absolute Gasteiger partial charge is 0.340 e. The minimum atomic E-state index is -0.673. The van der Waals surface area contributed by atoms with E-state index in [4.69, 9.17) is 5.11 Å². The van der Waals surface area contributed by atoms with Crippen LogP contribution < -0.4 is 0 Å². The second kappa shape index (κ2) is 5.61. The van der Waals surface area contributed by atoms with Gasteiger partial charge >= 0.3 is 12.4 Å². The molecule has 0 unspecified atom stereocenters. The zero-order valence-corrected chi connectivity index (χ0v) is 6.24. The molecule has 0 aliphatic rings. The van der Waals surface area contributed by atoms with E-state index in [1.807, 2.05) is 0 Å². The molecule has 0 amide bonds. The Morgan fingerprint density at radius 3 is 2.73 bits per heavy atom. The van der Waals surface area contributed by atoms with Crippen molar-refractivity contribution in [3.8, 4) is 0 Å². The lowest BCUT2D eigenvalue weighted by atomic mass is 10.2. The van der Waals surface area contributed by atoms with Gasteiger partial charge in [0.15, 0.2) is 0 Å². The van der Waals surface area contributed by atoms with Crippen LogP contribution in [-0.2, 0) is 14.3 Å². The minimum absolute atomic E-state index is 0.0221. The first-order valence-electron chi connectivity index (χ1n) is 3.14. The van der Waals surface area contributed by atoms with Crippen LogP contribution in [0.25, 0.3) is 0 Å². The summed E-state index contributed by atoms with van der Waals surface area (Å²) in [4.78, 5) is 20.3. The average molecular weight is 158 g/mol. The largest absolute Gasteiger partial charge is 0.396 e. The van der Waals surface area contributed by atoms with Crippen molar-refractivity contribution in [2.75, 3.05) is 6.61 Å². The van der Waals surface area contributed by atoms with Gasteiger partial charge in [0.05, 0.1) is 0 Å². The van der Waals surface area contributed by atoms with Gasteiger partial charge in [-0.05, 0) is 13.3 Å². The number of carbonyl (C=O) groups is 2. The maximum atomic E-state index is 10.6. The molecular weight excluding hydrogens is 148 g/mol. The van der Waals surface area contributed by atoms with Gasteiger partial charge in [0.2, 0.25) is 0 Å². The molecule has 0 aliphatic carbocycles. The second-order valence-electron chi connectivity index (χ2n) is 1.90. The van der Waals surface area contributed by atoms with Crippen LogP contribution in [0.15, 0.2) is 11.6 Å². The molecule has 0 saturated heterocycles. The molecule has 0 atom stereocenters. The lowest BCUT2D eigenvalue weighted by molar-refractivity contribution is -0.148. The number of rotatable bonds is 4. The summed E-state index contributed by atoms with van der Waals surface area (Å²) in [6, 6.07) is 0. The van der Waals surface area contributed by atoms with Crippen LogP contribution in [0.4, 0.5) is 0 Å². The molecule has 0 aliphatic heterocycles. The van der Waals surface area contributed by atoms with Gasteiger partial charge in [-0.3, -0.25) is 4.79 Å². The van der Waals surface area contributed by atoms with Crippen molar-refractivity contribution in [2.24, 2.45) is 0 Å². The fourth-order valence-electron chi connectivity index (χ4n) is 0.501. The molecule has 0 aromatic carbocycles. The van der Waals surface area contributed by atoms with Crippen molar-refractivity contribution < 1.29 is 19.4 Å². The Labute approximate surface area is 64.5 Å². The molecule has 0 heterocycles. The van der Waals surface area contributed by atoms with Gasteiger partial charge < -0.3 is 9.84 Å². The maximum absolute atomic E-state index is 10.6. The highest BCUT2D eigenvalue weighted by atomic mass is 16.6. The Hall–Kier alpha value is -1.16. The lowest BCUT2D eigenvalue weighted by Gasteiger charge is -1.94. The molecule has 0 fully saturated rings. The van der Waals surface area contributed by atoms with E-state index < -0.39 is 5.97 Å². The molecule has 4 nitrogen and oxygen atoms in total. The average Bonchev–Trinajstić information content (AvgIpc) is 2.00. The van der Waals surface area contributed by atoms with Gasteiger partial charge in [-0.1, -0.05) is 6.08 Å². The Balaban J connectivity index is 3.89. The van der Waals surface area contributed by atoms with Crippen LogP contribution in [0, 0.1) is 0 Å². The molecule has 62 valence electrons. The van der Waals surface area contributed by atoms with Crippen LogP contribution in [0.5, 0.6) is 0 Å². The number of esters is 1. The monoisotopic (exact) mass is 158 g/mol. The van der Waals surface area contributed by atoms with E-state index in [1.54, 1.807) is 0 Å². The molecule has 0 radical (unpaired) electrons. The van der Waals surface area contributed by atoms with Gasteiger partial charge in [0.25, 0.3) is 0 Å². The van der Waals surface area contributed by atoms with Crippen molar-refractivity contribution >= 4 is 12.4 Å². The highest BCUT2D eigenvalue weighted by molar-refractivity contribution is 5.91. The van der Waals surface area contributed by atoms with Gasteiger partial charge in [0.1, 0.15) is 0 Å². The summed E-state index contributed by atoms with van der Waals surface area (Å²) in [5, 5.41) is 8.36. The van der Waals surface area contributed by atoms with Crippen molar-refractivity contribution in [2.45, 2.75) is 13.3 Å². The molecular formula is C7H10O4. The first-order chi connectivity index (χ1) is 5.22. The molecule has 0 spiro atoms. The molecule has 4 heteroatoms. The van der Waals surface area contributed by atoms with E-state index >= 15 is 0 Å². The van der Waals surface area contributed by atoms with Crippen molar-refractivity contribution in [1.29, 1.82) is 0 Å². The molecule has 0 aromatic heterocycles. The van der Waals surface area contributed by atoms with Gasteiger partial charge in [-0.15, -0.1) is 0 Å². The quantitative estimate of drug-likeness (QED) is 0.271. The van der Waals surface area contributed by atoms with Gasteiger partial charge in [0, 0.05) is 12.2 Å². The van der Waals surface area contributed by atoms with Crippen molar-refractivity contribution in [3.63, 3.8) is 0 Å². The van der Waals surface area contributed by atoms with Crippen LogP contribution in [0.1, 0.15) is 13.3 Å². The Morgan fingerprint density at radius 1 is 1.64 bits per heavy atom. The maximum Gasteiger partial charge on any atom is 0.340 e. The molecule has 11 heavy (non-hydrogen) atoms. The number of ether oxygens (including phenoxy) is 1. The number of carbonyl (C=O) groups excluding carboxylic acids is 2. The first kappa shape index (κ1) is 9.84. The van der Waals surface area contributed by atoms with Gasteiger partial charge in [-0.25, -0.2) is 4.79 Å². The summed E-state index contributed by atoms with van der Waals surface area (Å²) < 4.78 is 4.03. The highest BCUT2D eigenvalue weighted by Crippen LogP contribution is 1.96. The van der Waals surface area contributed by atoms with E-state index in [0.29, 0.717) is 12.0 Å². The standard InChI is InChI=1S/C7H10O4/c1-6(3-2-4-8)7(10)11-5-9/h3,5,8H,2,4H2,1H3. The molecule has 0 bridgehead atoms. The molecule has 0 saturated carbocycles. The summed E-state index contributed by atoms with van der Waals surface area (Å²) in [6.07, 6.45) is 1.89. The van der Waals surface area contributed by atoms with Crippen molar-refractivity contribution in [3.05, 3.63) is 11.6 Å². The molecule has 1 N–H and O–H groups in total. The third-order valence-corrected chi connectivity index (χ3v) is 1.06. The topological polar surface area (TPSA) is 63.6 Å².